The van der Waals surface area contributed by atoms with Crippen molar-refractivity contribution >= 4 is 34.6 Å². The van der Waals surface area contributed by atoms with Crippen LogP contribution in [-0.4, -0.2) is 40.5 Å². The van der Waals surface area contributed by atoms with Crippen molar-refractivity contribution in [1.29, 1.82) is 5.26 Å². The van der Waals surface area contributed by atoms with E-state index in [4.69, 9.17) is 21.8 Å². The summed E-state index contributed by atoms with van der Waals surface area (Å²) in [5.41, 5.74) is 9.36. The number of pyridine rings is 1. The van der Waals surface area contributed by atoms with Crippen LogP contribution in [0.1, 0.15) is 21.8 Å². The molecule has 0 saturated carbocycles. The van der Waals surface area contributed by atoms with E-state index in [1.165, 1.54) is 35.2 Å². The lowest BCUT2D eigenvalue weighted by Gasteiger charge is -2.16. The Labute approximate surface area is 232 Å². The standard InChI is InChI=1S/C28H22FN5O3S2/c1-32-26-25(17-4-8-20(9-5-17)37-23-13-36-12-22(23)35)21(11-30)28(34-27(26)31)39-15-19-14-38-24(33-19)10-16-2-6-18(29)7-3-16/h2-9,14,22-23,35H,10,12-13,15H2,(H2,31,34)/t22-,23-/m0/s1. The highest BCUT2D eigenvalue weighted by atomic mass is 32.2. The molecule has 8 nitrogen and oxygen atoms in total. The molecule has 1 aliphatic rings. The van der Waals surface area contributed by atoms with E-state index in [9.17, 15) is 14.8 Å². The molecule has 3 N–H and O–H groups in total. The Kier molecular flexibility index (Phi) is 8.05. The number of thioether (sulfide) groups is 1. The van der Waals surface area contributed by atoms with E-state index in [0.717, 1.165) is 16.3 Å². The lowest BCUT2D eigenvalue weighted by atomic mass is 10.00. The summed E-state index contributed by atoms with van der Waals surface area (Å²) in [5.74, 6) is 0.759. The van der Waals surface area contributed by atoms with Crippen molar-refractivity contribution in [2.24, 2.45) is 0 Å². The second-order valence-electron chi connectivity index (χ2n) is 8.73. The average molecular weight is 560 g/mol. The van der Waals surface area contributed by atoms with Gasteiger partial charge in [0.25, 0.3) is 0 Å². The number of aromatic nitrogens is 2. The Morgan fingerprint density at radius 3 is 2.64 bits per heavy atom. The van der Waals surface area contributed by atoms with Crippen LogP contribution in [0, 0.1) is 23.7 Å². The SMILES string of the molecule is [C-]#[N+]c1c(N)nc(SCc2csc(Cc3ccc(F)cc3)n2)c(C#N)c1-c1ccc(O[C@H]2COC[C@@H]2O)cc1. The van der Waals surface area contributed by atoms with Crippen LogP contribution in [0.4, 0.5) is 15.9 Å². The third-order valence-electron chi connectivity index (χ3n) is 6.04. The van der Waals surface area contributed by atoms with Crippen molar-refractivity contribution in [2.45, 2.75) is 29.4 Å². The van der Waals surface area contributed by atoms with Gasteiger partial charge in [0.1, 0.15) is 40.7 Å². The number of benzene rings is 2. The second kappa shape index (κ2) is 11.8. The summed E-state index contributed by atoms with van der Waals surface area (Å²) in [4.78, 5) is 12.6. The fourth-order valence-corrected chi connectivity index (χ4v) is 5.92. The first-order valence-corrected chi connectivity index (χ1v) is 13.8. The van der Waals surface area contributed by atoms with E-state index in [1.54, 1.807) is 36.4 Å². The topological polar surface area (TPSA) is 119 Å². The molecular weight excluding hydrogens is 537 g/mol. The summed E-state index contributed by atoms with van der Waals surface area (Å²) in [5, 5.41) is 23.3. The number of nitrogen functional groups attached to an aromatic ring is 1. The van der Waals surface area contributed by atoms with Crippen LogP contribution in [0.25, 0.3) is 16.0 Å². The van der Waals surface area contributed by atoms with E-state index in [0.29, 0.717) is 40.7 Å². The van der Waals surface area contributed by atoms with Gasteiger partial charge in [-0.15, -0.1) is 11.3 Å². The van der Waals surface area contributed by atoms with Gasteiger partial charge in [-0.2, -0.15) is 5.26 Å². The predicted molar refractivity (Wildman–Crippen MR) is 147 cm³/mol. The minimum atomic E-state index is -0.695. The van der Waals surface area contributed by atoms with Gasteiger partial charge >= 0.3 is 0 Å². The Bertz CT molecular complexity index is 1560. The van der Waals surface area contributed by atoms with E-state index in [1.807, 2.05) is 5.38 Å². The van der Waals surface area contributed by atoms with Gasteiger partial charge in [-0.3, -0.25) is 0 Å². The van der Waals surface area contributed by atoms with E-state index < -0.39 is 12.2 Å². The lowest BCUT2D eigenvalue weighted by molar-refractivity contribution is 0.0733. The van der Waals surface area contributed by atoms with Crippen molar-refractivity contribution < 1.29 is 19.0 Å². The van der Waals surface area contributed by atoms with E-state index in [2.05, 4.69) is 20.9 Å². The molecule has 0 amide bonds. The molecule has 1 aliphatic heterocycles. The van der Waals surface area contributed by atoms with Gasteiger partial charge in [0.15, 0.2) is 0 Å². The first-order chi connectivity index (χ1) is 18.9. The molecule has 196 valence electrons. The van der Waals surface area contributed by atoms with Gasteiger partial charge in [-0.1, -0.05) is 36.0 Å². The smallest absolute Gasteiger partial charge is 0.236 e. The number of nitrogens with zero attached hydrogens (tertiary/aromatic N) is 4. The third-order valence-corrected chi connectivity index (χ3v) is 7.95. The molecule has 0 unspecified atom stereocenters. The summed E-state index contributed by atoms with van der Waals surface area (Å²) in [6, 6.07) is 15.5. The molecule has 4 aromatic rings. The van der Waals surface area contributed by atoms with Crippen molar-refractivity contribution in [3.63, 3.8) is 0 Å². The number of nitrogens with two attached hydrogens (primary N) is 1. The number of anilines is 1. The van der Waals surface area contributed by atoms with Crippen molar-refractivity contribution in [2.75, 3.05) is 18.9 Å². The van der Waals surface area contributed by atoms with Gasteiger partial charge in [0.2, 0.25) is 5.69 Å². The molecule has 0 radical (unpaired) electrons. The maximum absolute atomic E-state index is 13.2. The van der Waals surface area contributed by atoms with Crippen LogP contribution in [0.5, 0.6) is 5.75 Å². The summed E-state index contributed by atoms with van der Waals surface area (Å²) in [6.45, 7) is 8.20. The van der Waals surface area contributed by atoms with Crippen molar-refractivity contribution in [3.05, 3.63) is 93.0 Å². The van der Waals surface area contributed by atoms with Crippen molar-refractivity contribution in [1.82, 2.24) is 9.97 Å². The normalized spacial score (nSPS) is 16.5. The fraction of sp³-hybridized carbons (Fsp3) is 0.214. The minimum absolute atomic E-state index is 0.0447. The average Bonchev–Trinajstić information content (AvgIpc) is 3.57. The van der Waals surface area contributed by atoms with Gasteiger partial charge in [0, 0.05) is 23.1 Å². The van der Waals surface area contributed by atoms with Gasteiger partial charge in [0.05, 0.1) is 36.1 Å². The molecule has 2 aromatic carbocycles. The second-order valence-corrected chi connectivity index (χ2v) is 10.6. The third kappa shape index (κ3) is 6.03. The maximum Gasteiger partial charge on any atom is 0.236 e. The molecule has 1 fully saturated rings. The van der Waals surface area contributed by atoms with Gasteiger partial charge in [-0.05, 0) is 35.4 Å². The maximum atomic E-state index is 13.2. The first-order valence-electron chi connectivity index (χ1n) is 11.9. The number of hydrogen-bond donors (Lipinski definition) is 2. The molecule has 0 spiro atoms. The summed E-state index contributed by atoms with van der Waals surface area (Å²) in [7, 11) is 0. The monoisotopic (exact) mass is 559 g/mol. The number of rotatable bonds is 8. The Morgan fingerprint density at radius 2 is 1.97 bits per heavy atom. The molecule has 2 aromatic heterocycles. The van der Waals surface area contributed by atoms with E-state index >= 15 is 0 Å². The van der Waals surface area contributed by atoms with Crippen LogP contribution in [0.15, 0.2) is 58.9 Å². The summed E-state index contributed by atoms with van der Waals surface area (Å²) >= 11 is 2.84. The highest BCUT2D eigenvalue weighted by Gasteiger charge is 2.28. The highest BCUT2D eigenvalue weighted by molar-refractivity contribution is 7.98. The minimum Gasteiger partial charge on any atom is -0.485 e. The van der Waals surface area contributed by atoms with Crippen LogP contribution >= 0.6 is 23.1 Å². The number of nitriles is 1. The van der Waals surface area contributed by atoms with Crippen LogP contribution < -0.4 is 10.5 Å². The molecule has 1 saturated heterocycles. The van der Waals surface area contributed by atoms with Crippen LogP contribution in [-0.2, 0) is 16.9 Å². The zero-order valence-corrected chi connectivity index (χ0v) is 22.1. The Balaban J connectivity index is 1.36. The molecule has 11 heteroatoms. The van der Waals surface area contributed by atoms with E-state index in [-0.39, 0.29) is 29.5 Å². The quantitative estimate of drug-likeness (QED) is 0.219. The van der Waals surface area contributed by atoms with Gasteiger partial charge in [-0.25, -0.2) is 19.2 Å². The van der Waals surface area contributed by atoms with Crippen molar-refractivity contribution in [3.8, 4) is 22.9 Å². The number of halogens is 1. The fourth-order valence-electron chi connectivity index (χ4n) is 4.10. The Morgan fingerprint density at radius 1 is 1.21 bits per heavy atom. The first kappa shape index (κ1) is 26.6. The molecular formula is C28H22FN5O3S2. The van der Waals surface area contributed by atoms with Crippen LogP contribution in [0.3, 0.4) is 0 Å². The molecule has 39 heavy (non-hydrogen) atoms. The summed E-state index contributed by atoms with van der Waals surface area (Å²) < 4.78 is 24.2. The van der Waals surface area contributed by atoms with Gasteiger partial charge < -0.3 is 20.3 Å². The number of aliphatic hydroxyl groups excluding tert-OH is 1. The molecule has 3 heterocycles. The molecule has 0 aliphatic carbocycles. The number of ether oxygens (including phenoxy) is 2. The molecule has 2 atom stereocenters. The molecule has 5 rings (SSSR count). The highest BCUT2D eigenvalue weighted by Crippen LogP contribution is 2.42. The molecule has 0 bridgehead atoms. The largest absolute Gasteiger partial charge is 0.485 e. The predicted octanol–water partition coefficient (Wildman–Crippen LogP) is 5.37. The summed E-state index contributed by atoms with van der Waals surface area (Å²) in [6.07, 6.45) is -0.550. The Hall–Kier alpha value is -4.00. The zero-order chi connectivity index (χ0) is 27.4. The number of hydrogen-bond acceptors (Lipinski definition) is 9. The zero-order valence-electron chi connectivity index (χ0n) is 20.5. The lowest BCUT2D eigenvalue weighted by Crippen LogP contribution is -2.29. The van der Waals surface area contributed by atoms with Crippen LogP contribution in [0.2, 0.25) is 0 Å². The number of thiazole rings is 1. The number of aliphatic hydroxyl groups is 1.